The molecule has 3 aromatic rings. The van der Waals surface area contributed by atoms with E-state index < -0.39 is 74.9 Å². The first kappa shape index (κ1) is 35.3. The molecule has 7 nitrogen and oxygen atoms in total. The van der Waals surface area contributed by atoms with Crippen LogP contribution in [0, 0.1) is 0 Å². The smallest absolute Gasteiger partial charge is 0.435 e. The zero-order valence-corrected chi connectivity index (χ0v) is 24.7. The highest BCUT2D eigenvalue weighted by Gasteiger charge is 2.73. The number of aromatic nitrogens is 1. The number of rotatable bonds is 10. The van der Waals surface area contributed by atoms with E-state index in [9.17, 15) is 53.9 Å². The molecule has 1 heterocycles. The highest BCUT2D eigenvalue weighted by atomic mass is 79.9. The fraction of sp³-hybridized carbons (Fsp3) is 0.286. The molecule has 2 aromatic carbocycles. The van der Waals surface area contributed by atoms with Gasteiger partial charge >= 0.3 is 24.6 Å². The van der Waals surface area contributed by atoms with Crippen molar-refractivity contribution in [1.29, 1.82) is 0 Å². The minimum Gasteiger partial charge on any atom is -0.494 e. The Bertz CT molecular complexity index is 1580. The summed E-state index contributed by atoms with van der Waals surface area (Å²) < 4.78 is 131. The fourth-order valence-corrected chi connectivity index (χ4v) is 5.09. The van der Waals surface area contributed by atoms with E-state index in [2.05, 4.69) is 25.7 Å². The minimum atomic E-state index is -6.61. The normalized spacial score (nSPS) is 12.9. The number of amides is 1. The molecule has 0 aliphatic heterocycles. The molecule has 0 saturated carbocycles. The van der Waals surface area contributed by atoms with Gasteiger partial charge in [-0.25, -0.2) is 4.39 Å². The molecule has 0 aliphatic rings. The number of para-hydroxylation sites is 1. The number of halogens is 10. The monoisotopic (exact) mass is 714 g/mol. The molecule has 0 N–H and O–H groups in total. The van der Waals surface area contributed by atoms with Crippen molar-refractivity contribution >= 4 is 39.1 Å². The maximum absolute atomic E-state index is 14.9. The summed E-state index contributed by atoms with van der Waals surface area (Å²) in [4.78, 5) is 44.6. The third kappa shape index (κ3) is 6.77. The number of carbonyl (C=O) groups excluding carboxylic acids is 3. The SMILES string of the molecule is COc1c(C(=O)C(C(C)=O)c2c(Br)cc(C(F)(C(F)(F)F)C(F)(F)F)cc2OC(F)F)cccc1N(C)C(=O)c1ccncc1. The first-order valence-corrected chi connectivity index (χ1v) is 13.1. The maximum atomic E-state index is 14.9. The van der Waals surface area contributed by atoms with Crippen molar-refractivity contribution in [1.82, 2.24) is 4.98 Å². The molecule has 242 valence electrons. The Morgan fingerprint density at radius 2 is 1.51 bits per heavy atom. The van der Waals surface area contributed by atoms with Crippen molar-refractivity contribution in [3.05, 3.63) is 81.6 Å². The van der Waals surface area contributed by atoms with Gasteiger partial charge in [0, 0.05) is 40.6 Å². The standard InChI is InChI=1S/C28H20BrF9N2O5/c1-13(41)20(21-17(29)11-15(12-19(21)45-25(30)31)26(32,27(33,34)35)28(36,37)38)22(42)16-5-4-6-18(23(16)44-3)40(2)24(43)14-7-9-39-10-8-14/h4-12,20,25H,1-3H3. The van der Waals surface area contributed by atoms with Crippen LogP contribution in [0.25, 0.3) is 0 Å². The van der Waals surface area contributed by atoms with Gasteiger partial charge in [0.25, 0.3) is 5.91 Å². The fourth-order valence-electron chi connectivity index (χ4n) is 4.42. The maximum Gasteiger partial charge on any atom is 0.435 e. The van der Waals surface area contributed by atoms with E-state index in [0.717, 1.165) is 25.0 Å². The van der Waals surface area contributed by atoms with Gasteiger partial charge in [-0.3, -0.25) is 19.4 Å². The predicted octanol–water partition coefficient (Wildman–Crippen LogP) is 7.58. The van der Waals surface area contributed by atoms with E-state index >= 15 is 0 Å². The van der Waals surface area contributed by atoms with Crippen molar-refractivity contribution < 1.29 is 63.4 Å². The van der Waals surface area contributed by atoms with Gasteiger partial charge in [0.05, 0.1) is 18.4 Å². The van der Waals surface area contributed by atoms with Crippen LogP contribution in [-0.4, -0.2) is 55.6 Å². The number of hydrogen-bond acceptors (Lipinski definition) is 6. The molecule has 0 radical (unpaired) electrons. The van der Waals surface area contributed by atoms with E-state index in [-0.39, 0.29) is 29.1 Å². The van der Waals surface area contributed by atoms with Crippen LogP contribution in [0.2, 0.25) is 0 Å². The number of Topliss-reactive ketones (excluding diaryl/α,β-unsaturated/α-hetero) is 2. The van der Waals surface area contributed by atoms with Crippen LogP contribution < -0.4 is 14.4 Å². The molecule has 1 unspecified atom stereocenters. The number of pyridine rings is 1. The third-order valence-electron chi connectivity index (χ3n) is 6.50. The van der Waals surface area contributed by atoms with E-state index in [1.807, 2.05) is 0 Å². The van der Waals surface area contributed by atoms with Crippen molar-refractivity contribution in [2.45, 2.75) is 37.5 Å². The van der Waals surface area contributed by atoms with E-state index in [1.165, 1.54) is 43.7 Å². The van der Waals surface area contributed by atoms with Crippen LogP contribution in [0.1, 0.15) is 44.7 Å². The first-order chi connectivity index (χ1) is 20.8. The highest BCUT2D eigenvalue weighted by Crippen LogP contribution is 2.55. The number of ether oxygens (including phenoxy) is 2. The average Bonchev–Trinajstić information content (AvgIpc) is 2.95. The molecule has 1 aromatic heterocycles. The second-order valence-electron chi connectivity index (χ2n) is 9.27. The van der Waals surface area contributed by atoms with E-state index in [0.29, 0.717) is 0 Å². The highest BCUT2D eigenvalue weighted by molar-refractivity contribution is 9.10. The molecule has 45 heavy (non-hydrogen) atoms. The molecule has 17 heteroatoms. The molecule has 3 rings (SSSR count). The number of ketones is 2. The van der Waals surface area contributed by atoms with Gasteiger partial charge in [-0.05, 0) is 43.3 Å². The molecule has 0 saturated heterocycles. The van der Waals surface area contributed by atoms with Gasteiger partial charge in [-0.2, -0.15) is 35.1 Å². The largest absolute Gasteiger partial charge is 0.494 e. The second-order valence-corrected chi connectivity index (χ2v) is 10.1. The lowest BCUT2D eigenvalue weighted by Crippen LogP contribution is -2.50. The Kier molecular flexibility index (Phi) is 10.3. The van der Waals surface area contributed by atoms with Gasteiger partial charge in [0.1, 0.15) is 17.5 Å². The Balaban J connectivity index is 2.25. The Morgan fingerprint density at radius 3 is 2.00 bits per heavy atom. The lowest BCUT2D eigenvalue weighted by Gasteiger charge is -2.31. The van der Waals surface area contributed by atoms with Crippen LogP contribution in [0.15, 0.2) is 59.3 Å². The van der Waals surface area contributed by atoms with Gasteiger partial charge < -0.3 is 14.4 Å². The summed E-state index contributed by atoms with van der Waals surface area (Å²) >= 11 is 2.62. The van der Waals surface area contributed by atoms with Crippen molar-refractivity contribution in [2.75, 3.05) is 19.1 Å². The summed E-state index contributed by atoms with van der Waals surface area (Å²) in [6.07, 6.45) is -10.5. The van der Waals surface area contributed by atoms with Crippen molar-refractivity contribution in [3.8, 4) is 11.5 Å². The topological polar surface area (TPSA) is 85.8 Å². The number of benzene rings is 2. The van der Waals surface area contributed by atoms with Crippen LogP contribution in [0.5, 0.6) is 11.5 Å². The van der Waals surface area contributed by atoms with Crippen LogP contribution in [-0.2, 0) is 10.5 Å². The first-order valence-electron chi connectivity index (χ1n) is 12.3. The summed E-state index contributed by atoms with van der Waals surface area (Å²) in [6.45, 7) is -3.11. The quantitative estimate of drug-likeness (QED) is 0.122. The zero-order chi connectivity index (χ0) is 34.1. The Morgan fingerprint density at radius 1 is 0.933 bits per heavy atom. The lowest BCUT2D eigenvalue weighted by molar-refractivity contribution is -0.348. The lowest BCUT2D eigenvalue weighted by atomic mass is 9.84. The van der Waals surface area contributed by atoms with Crippen molar-refractivity contribution in [2.24, 2.45) is 0 Å². The molecule has 0 aliphatic carbocycles. The number of carbonyl (C=O) groups is 3. The summed E-state index contributed by atoms with van der Waals surface area (Å²) in [5.74, 6) is -6.99. The van der Waals surface area contributed by atoms with Crippen molar-refractivity contribution in [3.63, 3.8) is 0 Å². The zero-order valence-electron chi connectivity index (χ0n) is 23.1. The Labute approximate surface area is 257 Å². The van der Waals surface area contributed by atoms with Gasteiger partial charge in [0.2, 0.25) is 0 Å². The second kappa shape index (κ2) is 13.1. The van der Waals surface area contributed by atoms with Crippen LogP contribution >= 0.6 is 15.9 Å². The van der Waals surface area contributed by atoms with Gasteiger partial charge in [-0.1, -0.05) is 22.0 Å². The predicted molar refractivity (Wildman–Crippen MR) is 143 cm³/mol. The molecule has 0 spiro atoms. The number of nitrogens with zero attached hydrogens (tertiary/aromatic N) is 2. The molecule has 0 bridgehead atoms. The minimum absolute atomic E-state index is 0.0245. The molecular weight excluding hydrogens is 695 g/mol. The molecule has 1 atom stereocenters. The number of anilines is 1. The van der Waals surface area contributed by atoms with Crippen LogP contribution in [0.3, 0.4) is 0 Å². The van der Waals surface area contributed by atoms with E-state index in [4.69, 9.17) is 4.74 Å². The molecular formula is C28H20BrF9N2O5. The van der Waals surface area contributed by atoms with Crippen LogP contribution in [0.4, 0.5) is 45.2 Å². The summed E-state index contributed by atoms with van der Waals surface area (Å²) in [7, 11) is 2.40. The molecule has 0 fully saturated rings. The number of methoxy groups -OCH3 is 1. The summed E-state index contributed by atoms with van der Waals surface area (Å²) in [5.41, 5.74) is -9.47. The summed E-state index contributed by atoms with van der Waals surface area (Å²) in [5, 5.41) is 0. The Hall–Kier alpha value is -4.15. The van der Waals surface area contributed by atoms with Gasteiger partial charge in [0.15, 0.2) is 11.5 Å². The van der Waals surface area contributed by atoms with Gasteiger partial charge in [-0.15, -0.1) is 0 Å². The number of alkyl halides is 9. The molecule has 1 amide bonds. The third-order valence-corrected chi connectivity index (χ3v) is 7.16. The average molecular weight is 715 g/mol. The van der Waals surface area contributed by atoms with E-state index in [1.54, 1.807) is 0 Å². The summed E-state index contributed by atoms with van der Waals surface area (Å²) in [6, 6.07) is 6.17. The number of hydrogen-bond donors (Lipinski definition) is 0.